The molecular weight excluding hydrogens is 599 g/mol. The number of carbonyl (C=O) groups is 3. The van der Waals surface area contributed by atoms with Crippen molar-refractivity contribution in [2.75, 3.05) is 29.9 Å². The van der Waals surface area contributed by atoms with E-state index in [0.717, 1.165) is 35.9 Å². The van der Waals surface area contributed by atoms with E-state index in [4.69, 9.17) is 0 Å². The lowest BCUT2D eigenvalue weighted by Crippen LogP contribution is -2.51. The number of piperidine rings is 1. The van der Waals surface area contributed by atoms with Crippen molar-refractivity contribution in [3.05, 3.63) is 72.3 Å². The van der Waals surface area contributed by atoms with Crippen molar-refractivity contribution in [3.63, 3.8) is 0 Å². The molecule has 3 heterocycles. The molecule has 0 atom stereocenters. The minimum absolute atomic E-state index is 0.00125. The summed E-state index contributed by atoms with van der Waals surface area (Å²) in [4.78, 5) is 45.8. The zero-order valence-electron chi connectivity index (χ0n) is 25.6. The minimum Gasteiger partial charge on any atom is -0.343 e. The van der Waals surface area contributed by atoms with E-state index in [1.165, 1.54) is 0 Å². The first-order chi connectivity index (χ1) is 22.1. The van der Waals surface area contributed by atoms with E-state index in [0.29, 0.717) is 31.6 Å². The van der Waals surface area contributed by atoms with Gasteiger partial charge in [-0.3, -0.25) is 14.5 Å². The summed E-state index contributed by atoms with van der Waals surface area (Å²) in [5.41, 5.74) is 1.02. The van der Waals surface area contributed by atoms with Crippen LogP contribution >= 0.6 is 0 Å². The Morgan fingerprint density at radius 2 is 1.43 bits per heavy atom. The first kappa shape index (κ1) is 31.6. The van der Waals surface area contributed by atoms with Crippen LogP contribution in [0.25, 0.3) is 0 Å². The summed E-state index contributed by atoms with van der Waals surface area (Å²) >= 11 is 0. The molecule has 2 aliphatic heterocycles. The number of hydrogen-bond acceptors (Lipinski definition) is 5. The third kappa shape index (κ3) is 6.87. The van der Waals surface area contributed by atoms with Crippen LogP contribution in [0.15, 0.2) is 60.7 Å². The fourth-order valence-corrected chi connectivity index (χ4v) is 7.15. The number of hydrogen-bond donors (Lipinski definition) is 1. The highest BCUT2D eigenvalue weighted by Crippen LogP contribution is 2.45. The van der Waals surface area contributed by atoms with Gasteiger partial charge in [-0.2, -0.15) is 13.2 Å². The number of rotatable bonds is 7. The Hall–Kier alpha value is -4.42. The number of nitrogens with zero attached hydrogens (tertiary/aromatic N) is 6. The van der Waals surface area contributed by atoms with Gasteiger partial charge in [-0.25, -0.2) is 4.79 Å². The third-order valence-corrected chi connectivity index (χ3v) is 9.54. The molecular formula is C33H38F3N7O3. The Balaban J connectivity index is 1.07. The predicted octanol–water partition coefficient (Wildman–Crippen LogP) is 5.71. The summed E-state index contributed by atoms with van der Waals surface area (Å²) in [7, 11) is 0. The number of nitrogens with one attached hydrogen (secondary N) is 1. The maximum atomic E-state index is 13.7. The number of aromatic nitrogens is 3. The van der Waals surface area contributed by atoms with Crippen molar-refractivity contribution < 1.29 is 27.6 Å². The van der Waals surface area contributed by atoms with Crippen molar-refractivity contribution in [1.82, 2.24) is 24.6 Å². The van der Waals surface area contributed by atoms with Crippen LogP contribution in [0.3, 0.4) is 0 Å². The number of anilines is 2. The summed E-state index contributed by atoms with van der Waals surface area (Å²) in [5.74, 6) is -1.09. The van der Waals surface area contributed by atoms with Crippen LogP contribution in [-0.4, -0.2) is 68.1 Å². The number of carbonyl (C=O) groups excluding carboxylic acids is 3. The number of urea groups is 1. The molecule has 1 aromatic heterocycles. The monoisotopic (exact) mass is 637 g/mol. The van der Waals surface area contributed by atoms with Crippen molar-refractivity contribution in [2.24, 2.45) is 5.41 Å². The molecule has 1 N–H and O–H groups in total. The molecule has 6 rings (SSSR count). The predicted molar refractivity (Wildman–Crippen MR) is 165 cm³/mol. The Morgan fingerprint density at radius 1 is 0.826 bits per heavy atom. The van der Waals surface area contributed by atoms with Crippen LogP contribution in [0, 0.1) is 5.41 Å². The first-order valence-corrected chi connectivity index (χ1v) is 15.9. The summed E-state index contributed by atoms with van der Waals surface area (Å²) in [6.07, 6.45) is 0.415. The molecule has 2 aromatic carbocycles. The number of fused-ring (bicyclic) bond motifs is 1. The van der Waals surface area contributed by atoms with E-state index in [1.54, 1.807) is 9.80 Å². The lowest BCUT2D eigenvalue weighted by Gasteiger charge is -2.40. The highest BCUT2D eigenvalue weighted by Gasteiger charge is 2.43. The molecule has 46 heavy (non-hydrogen) atoms. The molecule has 0 bridgehead atoms. The molecule has 3 aromatic rings. The summed E-state index contributed by atoms with van der Waals surface area (Å²) in [6.45, 7) is 1.08. The van der Waals surface area contributed by atoms with Gasteiger partial charge < -0.3 is 19.7 Å². The van der Waals surface area contributed by atoms with Gasteiger partial charge in [-0.15, -0.1) is 10.2 Å². The summed E-state index contributed by atoms with van der Waals surface area (Å²) < 4.78 is 40.8. The summed E-state index contributed by atoms with van der Waals surface area (Å²) in [6, 6.07) is 18.5. The van der Waals surface area contributed by atoms with E-state index >= 15 is 0 Å². The van der Waals surface area contributed by atoms with Gasteiger partial charge in [0.1, 0.15) is 0 Å². The molecule has 0 spiro atoms. The number of alkyl halides is 3. The average Bonchev–Trinajstić information content (AvgIpc) is 3.69. The quantitative estimate of drug-likeness (QED) is 0.358. The van der Waals surface area contributed by atoms with E-state index in [1.807, 2.05) is 65.6 Å². The van der Waals surface area contributed by atoms with E-state index in [-0.39, 0.29) is 62.2 Å². The van der Waals surface area contributed by atoms with E-state index in [2.05, 4.69) is 15.5 Å². The standard InChI is InChI=1S/C33H38F3N7O3/c34-33(35,36)30-39-38-27-23-41(19-20-42(27)30)29(45)22-32(15-7-8-16-32)21-28(44)40-17-13-26(14-18-40)43(25-11-5-2-6-12-25)31(46)37-24-9-3-1-4-10-24/h1-6,9-12,26H,7-8,13-23H2,(H,37,46). The third-order valence-electron chi connectivity index (χ3n) is 9.54. The highest BCUT2D eigenvalue weighted by atomic mass is 19.4. The smallest absolute Gasteiger partial charge is 0.343 e. The van der Waals surface area contributed by atoms with Crippen LogP contribution < -0.4 is 10.2 Å². The zero-order valence-corrected chi connectivity index (χ0v) is 25.6. The SMILES string of the molecule is O=C(CC1(CC(=O)N2CCn3c(nnc3C(F)(F)F)C2)CCCC1)N1CCC(N(C(=O)Nc2ccccc2)c2ccccc2)CC1. The maximum Gasteiger partial charge on any atom is 0.451 e. The minimum atomic E-state index is -4.60. The van der Waals surface area contributed by atoms with Gasteiger partial charge in [0.2, 0.25) is 17.6 Å². The molecule has 4 amide bonds. The molecule has 2 fully saturated rings. The Kier molecular flexibility index (Phi) is 9.01. The topological polar surface area (TPSA) is 104 Å². The molecule has 244 valence electrons. The van der Waals surface area contributed by atoms with Crippen molar-refractivity contribution in [2.45, 2.75) is 76.7 Å². The fraction of sp³-hybridized carbons (Fsp3) is 0.485. The van der Waals surface area contributed by atoms with Crippen LogP contribution in [0.4, 0.5) is 29.3 Å². The first-order valence-electron chi connectivity index (χ1n) is 15.9. The van der Waals surface area contributed by atoms with Gasteiger partial charge >= 0.3 is 12.2 Å². The normalized spacial score (nSPS) is 18.2. The van der Waals surface area contributed by atoms with Gasteiger partial charge in [-0.1, -0.05) is 49.2 Å². The Labute approximate surface area is 265 Å². The molecule has 3 aliphatic rings. The van der Waals surface area contributed by atoms with Crippen molar-refractivity contribution >= 4 is 29.2 Å². The second kappa shape index (κ2) is 13.1. The lowest BCUT2D eigenvalue weighted by atomic mass is 9.78. The maximum absolute atomic E-state index is 13.7. The molecule has 1 saturated heterocycles. The number of para-hydroxylation sites is 2. The largest absolute Gasteiger partial charge is 0.451 e. The van der Waals surface area contributed by atoms with Gasteiger partial charge in [0.15, 0.2) is 5.82 Å². The lowest BCUT2D eigenvalue weighted by molar-refractivity contribution is -0.148. The van der Waals surface area contributed by atoms with Gasteiger partial charge in [0.25, 0.3) is 0 Å². The second-order valence-electron chi connectivity index (χ2n) is 12.6. The van der Waals surface area contributed by atoms with Gasteiger partial charge in [0, 0.05) is 56.4 Å². The van der Waals surface area contributed by atoms with E-state index < -0.39 is 17.4 Å². The fourth-order valence-electron chi connectivity index (χ4n) is 7.15. The van der Waals surface area contributed by atoms with Gasteiger partial charge in [0.05, 0.1) is 6.54 Å². The Morgan fingerprint density at radius 3 is 2.07 bits per heavy atom. The number of benzene rings is 2. The van der Waals surface area contributed by atoms with Crippen LogP contribution in [0.2, 0.25) is 0 Å². The highest BCUT2D eigenvalue weighted by molar-refractivity contribution is 6.02. The molecule has 10 nitrogen and oxygen atoms in total. The van der Waals surface area contributed by atoms with E-state index in [9.17, 15) is 27.6 Å². The second-order valence-corrected chi connectivity index (χ2v) is 12.6. The van der Waals surface area contributed by atoms with Crippen LogP contribution in [0.1, 0.15) is 63.0 Å². The number of halogens is 3. The van der Waals surface area contributed by atoms with Crippen molar-refractivity contribution in [3.8, 4) is 0 Å². The number of likely N-dealkylation sites (tertiary alicyclic amines) is 1. The summed E-state index contributed by atoms with van der Waals surface area (Å²) in [5, 5.41) is 10.00. The molecule has 1 aliphatic carbocycles. The van der Waals surface area contributed by atoms with Crippen molar-refractivity contribution in [1.29, 1.82) is 0 Å². The molecule has 1 saturated carbocycles. The van der Waals surface area contributed by atoms with Crippen LogP contribution in [-0.2, 0) is 28.9 Å². The molecule has 0 radical (unpaired) electrons. The Bertz CT molecular complexity index is 1530. The zero-order chi connectivity index (χ0) is 32.3. The van der Waals surface area contributed by atoms with Gasteiger partial charge in [-0.05, 0) is 55.4 Å². The van der Waals surface area contributed by atoms with Crippen LogP contribution in [0.5, 0.6) is 0 Å². The number of amides is 4. The molecule has 13 heteroatoms. The molecule has 0 unspecified atom stereocenters. The average molecular weight is 638 g/mol.